The number of phosphoric acid groups is 1. The fraction of sp³-hybridized carbons (Fsp3) is 0.703. The number of carboxylic acid groups (broad SMARTS) is 1. The van der Waals surface area contributed by atoms with Crippen LogP contribution in [0, 0.1) is 0 Å². The molecule has 49 heavy (non-hydrogen) atoms. The van der Waals surface area contributed by atoms with Gasteiger partial charge in [-0.1, -0.05) is 120 Å². The lowest BCUT2D eigenvalue weighted by atomic mass is 10.1. The van der Waals surface area contributed by atoms with Crippen molar-refractivity contribution in [2.45, 2.75) is 148 Å². The highest BCUT2D eigenvalue weighted by atomic mass is 31.2. The Hall–Kier alpha value is -2.56. The van der Waals surface area contributed by atoms with Crippen LogP contribution in [0.4, 0.5) is 0 Å². The first-order valence-corrected chi connectivity index (χ1v) is 19.7. The van der Waals surface area contributed by atoms with Crippen molar-refractivity contribution in [2.75, 3.05) is 19.8 Å². The molecule has 4 N–H and O–H groups in total. The molecule has 0 saturated carbocycles. The smallest absolute Gasteiger partial charge is 0.472 e. The zero-order valence-electron chi connectivity index (χ0n) is 30.0. The van der Waals surface area contributed by atoms with Gasteiger partial charge in [-0.2, -0.15) is 0 Å². The number of esters is 1. The van der Waals surface area contributed by atoms with E-state index in [4.69, 9.17) is 13.8 Å². The molecule has 0 aliphatic carbocycles. The summed E-state index contributed by atoms with van der Waals surface area (Å²) in [6.45, 7) is 2.37. The number of unbranched alkanes of at least 4 members (excludes halogenated alkanes) is 11. The number of carbonyl (C=O) groups is 3. The predicted molar refractivity (Wildman–Crippen MR) is 194 cm³/mol. The molecule has 1 amide bonds. The van der Waals surface area contributed by atoms with Crippen LogP contribution < -0.4 is 5.32 Å². The van der Waals surface area contributed by atoms with Crippen LogP contribution in [0.1, 0.15) is 136 Å². The van der Waals surface area contributed by atoms with Crippen molar-refractivity contribution < 1.29 is 47.8 Å². The van der Waals surface area contributed by atoms with Crippen LogP contribution in [0.3, 0.4) is 0 Å². The number of amides is 1. The number of hydrogen-bond donors (Lipinski definition) is 4. The quantitative estimate of drug-likeness (QED) is 0.0225. The van der Waals surface area contributed by atoms with Crippen molar-refractivity contribution in [3.8, 4) is 0 Å². The summed E-state index contributed by atoms with van der Waals surface area (Å²) in [5.41, 5.74) is 0. The largest absolute Gasteiger partial charge is 0.480 e. The average molecular weight is 714 g/mol. The van der Waals surface area contributed by atoms with Crippen molar-refractivity contribution in [3.05, 3.63) is 48.6 Å². The molecule has 12 heteroatoms. The molecule has 0 radical (unpaired) electrons. The zero-order chi connectivity index (χ0) is 36.4. The molecular weight excluding hydrogens is 649 g/mol. The predicted octanol–water partition coefficient (Wildman–Crippen LogP) is 8.27. The first-order valence-electron chi connectivity index (χ1n) is 18.2. The summed E-state index contributed by atoms with van der Waals surface area (Å²) in [6, 6.07) is -1.55. The van der Waals surface area contributed by atoms with Gasteiger partial charge in [0.1, 0.15) is 12.7 Å². The van der Waals surface area contributed by atoms with E-state index in [2.05, 4.69) is 67.8 Å². The van der Waals surface area contributed by atoms with Gasteiger partial charge >= 0.3 is 19.8 Å². The van der Waals surface area contributed by atoms with E-state index in [1.54, 1.807) is 0 Å². The Kier molecular flexibility index (Phi) is 30.9. The maximum absolute atomic E-state index is 12.2. The number of phosphoric ester groups is 1. The Morgan fingerprint density at radius 3 is 1.76 bits per heavy atom. The van der Waals surface area contributed by atoms with Crippen LogP contribution in [-0.4, -0.2) is 64.9 Å². The fourth-order valence-electron chi connectivity index (χ4n) is 4.54. The van der Waals surface area contributed by atoms with Gasteiger partial charge in [-0.25, -0.2) is 9.36 Å². The number of hydrogen-bond acceptors (Lipinski definition) is 8. The molecule has 0 spiro atoms. The van der Waals surface area contributed by atoms with E-state index >= 15 is 0 Å². The van der Waals surface area contributed by atoms with Crippen molar-refractivity contribution >= 4 is 25.7 Å². The molecule has 282 valence electrons. The number of aliphatic hydroxyl groups is 1. The Labute approximate surface area is 294 Å². The number of nitrogens with one attached hydrogen (secondary N) is 1. The van der Waals surface area contributed by atoms with Crippen LogP contribution in [0.15, 0.2) is 48.6 Å². The molecule has 0 aliphatic rings. The van der Waals surface area contributed by atoms with Crippen LogP contribution in [0.5, 0.6) is 0 Å². The number of rotatable bonds is 33. The van der Waals surface area contributed by atoms with E-state index in [-0.39, 0.29) is 12.8 Å². The van der Waals surface area contributed by atoms with E-state index in [9.17, 15) is 34.1 Å². The highest BCUT2D eigenvalue weighted by Crippen LogP contribution is 2.43. The molecular formula is C37H64NO10P. The van der Waals surface area contributed by atoms with Crippen LogP contribution >= 0.6 is 7.82 Å². The van der Waals surface area contributed by atoms with Crippen molar-refractivity contribution in [2.24, 2.45) is 0 Å². The molecule has 0 aliphatic heterocycles. The number of carboxylic acids is 1. The van der Waals surface area contributed by atoms with Gasteiger partial charge < -0.3 is 25.2 Å². The van der Waals surface area contributed by atoms with Gasteiger partial charge in [-0.05, 0) is 51.4 Å². The van der Waals surface area contributed by atoms with Crippen molar-refractivity contribution in [1.29, 1.82) is 0 Å². The van der Waals surface area contributed by atoms with Crippen LogP contribution in [-0.2, 0) is 32.7 Å². The Balaban J connectivity index is 4.04. The molecule has 0 aromatic rings. The number of aliphatic carboxylic acids is 1. The Morgan fingerprint density at radius 2 is 1.18 bits per heavy atom. The number of ether oxygens (including phenoxy) is 1. The SMILES string of the molecule is CC/C=C\C/C=C\C/C=C\C/C=C\CCCCC(=O)OCC(O)COP(=O)(O)OCC(NC(=O)CCCCCCCCCCCC)C(=O)O. The third-order valence-electron chi connectivity index (χ3n) is 7.38. The molecule has 0 rings (SSSR count). The zero-order valence-corrected chi connectivity index (χ0v) is 30.9. The van der Waals surface area contributed by atoms with Gasteiger partial charge in [-0.3, -0.25) is 18.6 Å². The van der Waals surface area contributed by atoms with Gasteiger partial charge in [-0.15, -0.1) is 0 Å². The summed E-state index contributed by atoms with van der Waals surface area (Å²) in [4.78, 5) is 45.5. The number of aliphatic hydroxyl groups excluding tert-OH is 1. The second kappa shape index (κ2) is 32.6. The standard InChI is InChI=1S/C37H64NO10P/c1-3-5-7-9-11-13-15-16-17-18-19-21-23-25-27-29-36(41)46-30-33(39)31-47-49(44,45)48-32-34(37(42)43)38-35(40)28-26-24-22-20-14-12-10-8-6-4-2/h5,7,11,13,16-17,19,21,33-34,39H,3-4,6,8-10,12,14-15,18,20,22-32H2,1-2H3,(H,38,40)(H,42,43)(H,44,45)/b7-5-,13-11-,17-16-,21-19-. The van der Waals surface area contributed by atoms with Crippen LogP contribution in [0.25, 0.3) is 0 Å². The minimum atomic E-state index is -4.75. The van der Waals surface area contributed by atoms with Gasteiger partial charge in [0, 0.05) is 12.8 Å². The minimum Gasteiger partial charge on any atom is -0.480 e. The lowest BCUT2D eigenvalue weighted by Gasteiger charge is -2.18. The summed E-state index contributed by atoms with van der Waals surface area (Å²) < 4.78 is 26.6. The van der Waals surface area contributed by atoms with E-state index in [1.165, 1.54) is 38.5 Å². The molecule has 0 aromatic carbocycles. The first-order chi connectivity index (χ1) is 23.6. The maximum atomic E-state index is 12.2. The molecule has 0 aromatic heterocycles. The molecule has 3 unspecified atom stereocenters. The Bertz CT molecular complexity index is 1030. The fourth-order valence-corrected chi connectivity index (χ4v) is 5.31. The summed E-state index contributed by atoms with van der Waals surface area (Å²) in [5, 5.41) is 21.7. The molecule has 11 nitrogen and oxygen atoms in total. The molecule has 0 saturated heterocycles. The summed E-state index contributed by atoms with van der Waals surface area (Å²) in [5.74, 6) is -2.43. The van der Waals surface area contributed by atoms with Crippen LogP contribution in [0.2, 0.25) is 0 Å². The molecule has 0 bridgehead atoms. The first kappa shape index (κ1) is 46.4. The van der Waals surface area contributed by atoms with Crippen molar-refractivity contribution in [1.82, 2.24) is 5.32 Å². The molecule has 0 fully saturated rings. The average Bonchev–Trinajstić information content (AvgIpc) is 3.07. The van der Waals surface area contributed by atoms with E-state index in [1.807, 2.05) is 0 Å². The second-order valence-corrected chi connectivity index (χ2v) is 13.5. The maximum Gasteiger partial charge on any atom is 0.472 e. The number of allylic oxidation sites excluding steroid dienone is 8. The highest BCUT2D eigenvalue weighted by molar-refractivity contribution is 7.47. The lowest BCUT2D eigenvalue weighted by Crippen LogP contribution is -2.43. The number of carbonyl (C=O) groups excluding carboxylic acids is 2. The van der Waals surface area contributed by atoms with Gasteiger partial charge in [0.15, 0.2) is 6.04 Å². The molecule has 3 atom stereocenters. The summed E-state index contributed by atoms with van der Waals surface area (Å²) in [7, 11) is -4.75. The normalized spacial score (nSPS) is 14.5. The second-order valence-electron chi connectivity index (χ2n) is 12.0. The molecule has 0 heterocycles. The van der Waals surface area contributed by atoms with E-state index in [0.29, 0.717) is 12.8 Å². The topological polar surface area (TPSA) is 169 Å². The highest BCUT2D eigenvalue weighted by Gasteiger charge is 2.28. The monoisotopic (exact) mass is 713 g/mol. The Morgan fingerprint density at radius 1 is 0.673 bits per heavy atom. The third-order valence-corrected chi connectivity index (χ3v) is 8.33. The summed E-state index contributed by atoms with van der Waals surface area (Å²) >= 11 is 0. The van der Waals surface area contributed by atoms with Gasteiger partial charge in [0.05, 0.1) is 13.2 Å². The summed E-state index contributed by atoms with van der Waals surface area (Å²) in [6.07, 6.45) is 33.0. The van der Waals surface area contributed by atoms with Crippen molar-refractivity contribution in [3.63, 3.8) is 0 Å². The third kappa shape index (κ3) is 32.4. The van der Waals surface area contributed by atoms with Gasteiger partial charge in [0.25, 0.3) is 0 Å². The minimum absolute atomic E-state index is 0.143. The van der Waals surface area contributed by atoms with Gasteiger partial charge in [0.2, 0.25) is 5.91 Å². The van der Waals surface area contributed by atoms with E-state index < -0.39 is 57.6 Å². The lowest BCUT2D eigenvalue weighted by molar-refractivity contribution is -0.147. The van der Waals surface area contributed by atoms with E-state index in [0.717, 1.165) is 57.8 Å².